The number of nitrogens with zero attached hydrogens (tertiary/aromatic N) is 5. The number of rotatable bonds is 4. The molecule has 4 aromatic heterocycles. The van der Waals surface area contributed by atoms with Crippen LogP contribution in [0.4, 0.5) is 11.6 Å². The van der Waals surface area contributed by atoms with Gasteiger partial charge in [0, 0.05) is 18.0 Å². The summed E-state index contributed by atoms with van der Waals surface area (Å²) in [7, 11) is 0. The Morgan fingerprint density at radius 3 is 2.69 bits per heavy atom. The zero-order chi connectivity index (χ0) is 17.9. The summed E-state index contributed by atoms with van der Waals surface area (Å²) in [6, 6.07) is 11.6. The van der Waals surface area contributed by atoms with E-state index in [4.69, 9.17) is 0 Å². The Morgan fingerprint density at radius 2 is 1.88 bits per heavy atom. The van der Waals surface area contributed by atoms with E-state index in [1.807, 2.05) is 42.6 Å². The second-order valence-corrected chi connectivity index (χ2v) is 6.29. The third-order valence-corrected chi connectivity index (χ3v) is 4.09. The highest BCUT2D eigenvalue weighted by Gasteiger charge is 2.06. The molecule has 4 aromatic rings. The predicted molar refractivity (Wildman–Crippen MR) is 101 cm³/mol. The molecule has 0 saturated heterocycles. The number of pyridine rings is 3. The predicted octanol–water partition coefficient (Wildman–Crippen LogP) is 4.15. The van der Waals surface area contributed by atoms with E-state index >= 15 is 0 Å². The first-order chi connectivity index (χ1) is 12.7. The van der Waals surface area contributed by atoms with Gasteiger partial charge in [-0.15, -0.1) is 5.10 Å². The number of hydrogen-bond donors (Lipinski definition) is 1. The first kappa shape index (κ1) is 16.1. The maximum absolute atomic E-state index is 4.66. The minimum Gasteiger partial charge on any atom is -0.323 e. The van der Waals surface area contributed by atoms with Crippen molar-refractivity contribution in [3.05, 3.63) is 66.7 Å². The lowest BCUT2D eigenvalue weighted by Crippen LogP contribution is -2.00. The van der Waals surface area contributed by atoms with Gasteiger partial charge in [0.05, 0.1) is 23.4 Å². The maximum Gasteiger partial charge on any atom is 0.154 e. The SMILES string of the molecule is CC(C)c1cnnc(Nc2ccc3ncc(-c4c[c]ncc4)cc3n2)c1. The van der Waals surface area contributed by atoms with Crippen molar-refractivity contribution in [2.45, 2.75) is 19.8 Å². The monoisotopic (exact) mass is 341 g/mol. The third kappa shape index (κ3) is 3.35. The molecule has 127 valence electrons. The summed E-state index contributed by atoms with van der Waals surface area (Å²) < 4.78 is 0. The standard InChI is InChI=1S/C20H17N6/c1-13(2)15-10-20(26-23-12-15)25-19-4-3-17-18(24-19)9-16(11-22-17)14-5-7-21-8-6-14/h3-7,9-13H,1-2H3,(H,24,25,26). The topological polar surface area (TPSA) is 76.5 Å². The van der Waals surface area contributed by atoms with Crippen LogP contribution in [-0.4, -0.2) is 25.1 Å². The van der Waals surface area contributed by atoms with Crippen LogP contribution in [0.15, 0.2) is 55.0 Å². The summed E-state index contributed by atoms with van der Waals surface area (Å²) in [6.07, 6.45) is 8.17. The first-order valence-electron chi connectivity index (χ1n) is 8.38. The second kappa shape index (κ2) is 6.84. The quantitative estimate of drug-likeness (QED) is 0.601. The lowest BCUT2D eigenvalue weighted by atomic mass is 10.1. The van der Waals surface area contributed by atoms with Crippen molar-refractivity contribution in [3.63, 3.8) is 0 Å². The normalized spacial score (nSPS) is 11.0. The Bertz CT molecular complexity index is 1050. The fourth-order valence-corrected chi connectivity index (χ4v) is 2.62. The van der Waals surface area contributed by atoms with Gasteiger partial charge in [0.25, 0.3) is 0 Å². The Balaban J connectivity index is 1.67. The largest absolute Gasteiger partial charge is 0.323 e. The van der Waals surface area contributed by atoms with Crippen LogP contribution in [0.1, 0.15) is 25.3 Å². The zero-order valence-corrected chi connectivity index (χ0v) is 14.5. The van der Waals surface area contributed by atoms with Crippen LogP contribution >= 0.6 is 0 Å². The molecule has 0 atom stereocenters. The summed E-state index contributed by atoms with van der Waals surface area (Å²) in [5, 5.41) is 11.4. The number of aromatic nitrogens is 5. The van der Waals surface area contributed by atoms with Crippen LogP contribution < -0.4 is 5.32 Å². The van der Waals surface area contributed by atoms with Gasteiger partial charge in [-0.1, -0.05) is 13.8 Å². The number of nitrogens with one attached hydrogen (secondary N) is 1. The van der Waals surface area contributed by atoms with Gasteiger partial charge in [0.15, 0.2) is 5.82 Å². The van der Waals surface area contributed by atoms with Crippen molar-refractivity contribution >= 4 is 22.7 Å². The molecule has 4 heterocycles. The van der Waals surface area contributed by atoms with Crippen molar-refractivity contribution < 1.29 is 0 Å². The molecule has 1 N–H and O–H groups in total. The maximum atomic E-state index is 4.66. The van der Waals surface area contributed by atoms with E-state index in [0.717, 1.165) is 27.7 Å². The van der Waals surface area contributed by atoms with Gasteiger partial charge >= 0.3 is 0 Å². The third-order valence-electron chi connectivity index (χ3n) is 4.09. The molecular formula is C20H17N6. The van der Waals surface area contributed by atoms with Crippen molar-refractivity contribution in [1.29, 1.82) is 0 Å². The zero-order valence-electron chi connectivity index (χ0n) is 14.5. The molecule has 0 aliphatic carbocycles. The molecule has 6 nitrogen and oxygen atoms in total. The van der Waals surface area contributed by atoms with Gasteiger partial charge < -0.3 is 5.32 Å². The molecule has 1 radical (unpaired) electrons. The molecule has 0 aliphatic rings. The Morgan fingerprint density at radius 1 is 0.962 bits per heavy atom. The highest BCUT2D eigenvalue weighted by atomic mass is 15.2. The summed E-state index contributed by atoms with van der Waals surface area (Å²) in [5.41, 5.74) is 4.74. The van der Waals surface area contributed by atoms with Gasteiger partial charge in [-0.2, -0.15) is 5.10 Å². The van der Waals surface area contributed by atoms with E-state index in [1.165, 1.54) is 0 Å². The van der Waals surface area contributed by atoms with E-state index in [-0.39, 0.29) is 0 Å². The van der Waals surface area contributed by atoms with Crippen molar-refractivity contribution in [2.75, 3.05) is 5.32 Å². The minimum absolute atomic E-state index is 0.388. The van der Waals surface area contributed by atoms with Gasteiger partial charge in [-0.25, -0.2) is 4.98 Å². The molecule has 4 rings (SSSR count). The Hall–Kier alpha value is -3.41. The fourth-order valence-electron chi connectivity index (χ4n) is 2.62. The molecule has 26 heavy (non-hydrogen) atoms. The molecule has 0 bridgehead atoms. The average Bonchev–Trinajstić information content (AvgIpc) is 2.68. The van der Waals surface area contributed by atoms with Gasteiger partial charge in [0.1, 0.15) is 5.82 Å². The molecular weight excluding hydrogens is 324 g/mol. The van der Waals surface area contributed by atoms with Crippen LogP contribution in [0.25, 0.3) is 22.2 Å². The summed E-state index contributed by atoms with van der Waals surface area (Å²) in [6.45, 7) is 4.25. The van der Waals surface area contributed by atoms with Gasteiger partial charge in [0.2, 0.25) is 0 Å². The Kier molecular flexibility index (Phi) is 4.23. The molecule has 0 amide bonds. The second-order valence-electron chi connectivity index (χ2n) is 6.29. The molecule has 6 heteroatoms. The van der Waals surface area contributed by atoms with E-state index in [2.05, 4.69) is 50.5 Å². The van der Waals surface area contributed by atoms with Crippen LogP contribution in [0.5, 0.6) is 0 Å². The minimum atomic E-state index is 0.388. The molecule has 0 saturated carbocycles. The van der Waals surface area contributed by atoms with Gasteiger partial charge in [-0.3, -0.25) is 9.97 Å². The van der Waals surface area contributed by atoms with Crippen LogP contribution in [0.3, 0.4) is 0 Å². The molecule has 0 fully saturated rings. The molecule has 0 aliphatic heterocycles. The van der Waals surface area contributed by atoms with Crippen LogP contribution in [0.2, 0.25) is 0 Å². The first-order valence-corrected chi connectivity index (χ1v) is 8.38. The number of fused-ring (bicyclic) bond motifs is 1. The lowest BCUT2D eigenvalue weighted by Gasteiger charge is -2.09. The van der Waals surface area contributed by atoms with E-state index in [9.17, 15) is 0 Å². The highest BCUT2D eigenvalue weighted by Crippen LogP contribution is 2.23. The Labute approximate surface area is 151 Å². The number of hydrogen-bond acceptors (Lipinski definition) is 6. The van der Waals surface area contributed by atoms with Gasteiger partial charge in [-0.05, 0) is 53.4 Å². The van der Waals surface area contributed by atoms with E-state index < -0.39 is 0 Å². The van der Waals surface area contributed by atoms with E-state index in [1.54, 1.807) is 12.4 Å². The fraction of sp³-hybridized carbons (Fsp3) is 0.150. The average molecular weight is 341 g/mol. The van der Waals surface area contributed by atoms with Crippen LogP contribution in [0, 0.1) is 6.20 Å². The molecule has 0 unspecified atom stereocenters. The van der Waals surface area contributed by atoms with Crippen molar-refractivity contribution in [2.24, 2.45) is 0 Å². The molecule has 0 aromatic carbocycles. The van der Waals surface area contributed by atoms with E-state index in [0.29, 0.717) is 17.6 Å². The summed E-state index contributed by atoms with van der Waals surface area (Å²) in [5.74, 6) is 1.77. The van der Waals surface area contributed by atoms with Crippen molar-refractivity contribution in [3.8, 4) is 11.1 Å². The number of anilines is 2. The van der Waals surface area contributed by atoms with Crippen LogP contribution in [-0.2, 0) is 0 Å². The summed E-state index contributed by atoms with van der Waals surface area (Å²) >= 11 is 0. The molecule has 0 spiro atoms. The lowest BCUT2D eigenvalue weighted by molar-refractivity contribution is 0.843. The summed E-state index contributed by atoms with van der Waals surface area (Å²) in [4.78, 5) is 13.1. The smallest absolute Gasteiger partial charge is 0.154 e. The highest BCUT2D eigenvalue weighted by molar-refractivity contribution is 5.81. The van der Waals surface area contributed by atoms with Crippen molar-refractivity contribution in [1.82, 2.24) is 25.1 Å².